The molecule has 3 aliphatic carbocycles. The SMILES string of the molecule is C=C(C1C[C@H]2CCCC[C@H]2C1)N1CCC(c2cn(C)c3ncc(CC(=O)c4cccc(C#N)c4)c(C(F)(F)F)c23)CC1.C=C(CC(C)(C)C(C)C)N1CCC(c2cn(C)c3ncc(CC(=O)c4cccc(C#N)c4)c(C(F)(F)F)c23)CC1.Cn1cc(C2CCN(C(=O)CC3CCC3)CC2)c2c(C(F)(F)F)c(CC(=O)c3cccc(C#N)c3)cnc21. The van der Waals surface area contributed by atoms with Gasteiger partial charge < -0.3 is 28.4 Å². The number of rotatable bonds is 20. The summed E-state index contributed by atoms with van der Waals surface area (Å²) in [6.45, 7) is 21.8. The molecule has 3 saturated carbocycles. The lowest BCUT2D eigenvalue weighted by molar-refractivity contribution is -0.137. The van der Waals surface area contributed by atoms with E-state index in [1.165, 1.54) is 112 Å². The fraction of sp³-hybridized carbons (Fsp3) is 0.474. The number of benzene rings is 3. The lowest BCUT2D eigenvalue weighted by Gasteiger charge is -2.39. The van der Waals surface area contributed by atoms with Crippen molar-refractivity contribution in [2.75, 3.05) is 39.3 Å². The highest BCUT2D eigenvalue weighted by molar-refractivity contribution is 6.01. The number of aryl methyl sites for hydroxylation is 3. The van der Waals surface area contributed by atoms with Gasteiger partial charge in [-0.1, -0.05) is 109 Å². The number of amides is 1. The van der Waals surface area contributed by atoms with Gasteiger partial charge in [-0.15, -0.1) is 0 Å². The minimum absolute atomic E-state index is 0.0370. The van der Waals surface area contributed by atoms with Crippen LogP contribution in [0.2, 0.25) is 0 Å². The lowest BCUT2D eigenvalue weighted by Crippen LogP contribution is -2.39. The Morgan fingerprint density at radius 3 is 1.12 bits per heavy atom. The standard InChI is InChI=1S/C34H37F3N4O.C32H37F3N4O.C29H29F3N4O2/c1-21(27-15-24-7-3-4-8-25(24)16-27)41-12-10-23(11-13-41)29-20-40(2)33-31(29)32(34(35,36)37)28(19-39-33)17-30(42)26-9-5-6-22(14-26)18-38;1-20(2)31(4,5)16-21(3)39-12-10-23(11-13-39)26-19-38(6)30-28(26)29(32(33,34)35)25(18-37-30)15-27(40)24-9-7-8-22(14-24)17-36;1-35-17-23(20-8-10-36(11-9-20)25(38)13-18-4-2-5-18)26-27(29(30,31)32)22(16-34-28(26)35)14-24(37)21-7-3-6-19(12-21)15-33/h5-6,9,14,19-20,23-25,27H,1,3-4,7-8,10-13,15-17H2,2H3;7-9,14,18-20,23H,3,10-13,15-16H2,1-2,4-6H3;3,6-7,12,16-18,20H,2,4-5,8-11,13-14H2,1H3/t24-,25+,27?;;. The maximum atomic E-state index is 14.8. The van der Waals surface area contributed by atoms with E-state index in [1.807, 2.05) is 23.1 Å². The van der Waals surface area contributed by atoms with Crippen LogP contribution in [-0.4, -0.2) is 106 Å². The molecule has 6 aromatic heterocycles. The summed E-state index contributed by atoms with van der Waals surface area (Å²) in [6, 6.07) is 23.9. The van der Waals surface area contributed by atoms with Crippen molar-refractivity contribution in [1.29, 1.82) is 15.8 Å². The molecule has 1 amide bonds. The Kier molecular flexibility index (Phi) is 26.0. The number of carbonyl (C=O) groups excluding carboxylic acids is 4. The Bertz CT molecular complexity index is 5500. The van der Waals surface area contributed by atoms with Gasteiger partial charge in [0.15, 0.2) is 17.3 Å². The number of hydrogen-bond donors (Lipinski definition) is 0. The Labute approximate surface area is 694 Å². The van der Waals surface area contributed by atoms with E-state index in [1.54, 1.807) is 77.7 Å². The highest BCUT2D eigenvalue weighted by atomic mass is 19.4. The van der Waals surface area contributed by atoms with Gasteiger partial charge in [0.2, 0.25) is 5.91 Å². The van der Waals surface area contributed by atoms with Crippen molar-refractivity contribution in [1.82, 2.24) is 43.4 Å². The van der Waals surface area contributed by atoms with Crippen molar-refractivity contribution in [3.05, 3.63) is 218 Å². The third kappa shape index (κ3) is 19.0. The van der Waals surface area contributed by atoms with Crippen molar-refractivity contribution in [2.45, 2.75) is 192 Å². The lowest BCUT2D eigenvalue weighted by atomic mass is 9.77. The fourth-order valence-electron chi connectivity index (χ4n) is 19.3. The molecule has 6 aliphatic rings. The molecule has 630 valence electrons. The molecule has 0 N–H and O–H groups in total. The molecule has 3 saturated heterocycles. The summed E-state index contributed by atoms with van der Waals surface area (Å²) in [6.07, 6.45) is 10.1. The Hall–Kier alpha value is -10.9. The summed E-state index contributed by atoms with van der Waals surface area (Å²) in [7, 11) is 5.12. The average molecular weight is 1650 g/mol. The Morgan fingerprint density at radius 2 is 0.808 bits per heavy atom. The molecule has 3 atom stereocenters. The number of nitriles is 3. The molecule has 0 spiro atoms. The summed E-state index contributed by atoms with van der Waals surface area (Å²) in [5.41, 5.74) is 3.60. The molecule has 25 heteroatoms. The quantitative estimate of drug-likeness (QED) is 0.0517. The number of piperidine rings is 3. The van der Waals surface area contributed by atoms with Gasteiger partial charge in [-0.25, -0.2) is 15.0 Å². The average Bonchev–Trinajstić information content (AvgIpc) is 1.58. The monoisotopic (exact) mass is 1650 g/mol. The summed E-state index contributed by atoms with van der Waals surface area (Å²) < 4.78 is 137. The maximum Gasteiger partial charge on any atom is 0.417 e. The third-order valence-corrected chi connectivity index (χ3v) is 26.8. The van der Waals surface area contributed by atoms with Crippen LogP contribution in [0.4, 0.5) is 39.5 Å². The molecule has 9 aromatic rings. The van der Waals surface area contributed by atoms with E-state index in [2.05, 4.69) is 65.6 Å². The first kappa shape index (κ1) is 87.0. The number of carbonyl (C=O) groups is 4. The molecule has 15 rings (SSSR count). The number of likely N-dealkylation sites (tertiary alicyclic amines) is 3. The predicted molar refractivity (Wildman–Crippen MR) is 442 cm³/mol. The summed E-state index contributed by atoms with van der Waals surface area (Å²) in [5, 5.41) is 27.7. The van der Waals surface area contributed by atoms with Crippen molar-refractivity contribution >= 4 is 56.4 Å². The van der Waals surface area contributed by atoms with Gasteiger partial charge in [0.1, 0.15) is 16.9 Å². The first-order valence-corrected chi connectivity index (χ1v) is 41.9. The number of nitrogens with zero attached hydrogens (tertiary/aromatic N) is 12. The minimum Gasteiger partial charge on any atom is -0.375 e. The zero-order valence-corrected chi connectivity index (χ0v) is 69.2. The van der Waals surface area contributed by atoms with Crippen LogP contribution in [0.15, 0.2) is 135 Å². The zero-order valence-electron chi connectivity index (χ0n) is 69.2. The molecule has 0 radical (unpaired) electrons. The van der Waals surface area contributed by atoms with Crippen molar-refractivity contribution in [3.63, 3.8) is 0 Å². The van der Waals surface area contributed by atoms with E-state index >= 15 is 0 Å². The Morgan fingerprint density at radius 1 is 0.475 bits per heavy atom. The first-order chi connectivity index (χ1) is 57.0. The number of allylic oxidation sites excluding steroid dienone is 2. The van der Waals surface area contributed by atoms with Crippen LogP contribution in [0.1, 0.15) is 252 Å². The first-order valence-electron chi connectivity index (χ1n) is 41.9. The summed E-state index contributed by atoms with van der Waals surface area (Å²) in [4.78, 5) is 71.3. The largest absolute Gasteiger partial charge is 0.417 e. The van der Waals surface area contributed by atoms with Gasteiger partial charge in [0.05, 0.1) is 51.6 Å². The van der Waals surface area contributed by atoms with E-state index in [9.17, 15) is 64.0 Å². The van der Waals surface area contributed by atoms with Crippen LogP contribution in [-0.2, 0) is 63.7 Å². The van der Waals surface area contributed by atoms with E-state index in [4.69, 9.17) is 10.5 Å². The predicted octanol–water partition coefficient (Wildman–Crippen LogP) is 21.2. The molecule has 3 aromatic carbocycles. The molecular weight excluding hydrogens is 1540 g/mol. The molecule has 6 fully saturated rings. The maximum absolute atomic E-state index is 14.8. The van der Waals surface area contributed by atoms with Crippen LogP contribution in [0.5, 0.6) is 0 Å². The molecule has 3 aliphatic heterocycles. The highest BCUT2D eigenvalue weighted by Crippen LogP contribution is 2.51. The van der Waals surface area contributed by atoms with E-state index in [0.717, 1.165) is 82.0 Å². The second-order valence-electron chi connectivity index (χ2n) is 35.1. The van der Waals surface area contributed by atoms with Crippen LogP contribution < -0.4 is 0 Å². The van der Waals surface area contributed by atoms with Gasteiger partial charge in [-0.3, -0.25) is 19.2 Å². The molecule has 120 heavy (non-hydrogen) atoms. The molecular formula is C95H103F9N12O4. The van der Waals surface area contributed by atoms with Crippen LogP contribution >= 0.6 is 0 Å². The van der Waals surface area contributed by atoms with Gasteiger partial charge in [0, 0.05) is 168 Å². The highest BCUT2D eigenvalue weighted by Gasteiger charge is 2.45. The number of aromatic nitrogens is 6. The van der Waals surface area contributed by atoms with Crippen molar-refractivity contribution < 1.29 is 58.7 Å². The van der Waals surface area contributed by atoms with Crippen LogP contribution in [0.3, 0.4) is 0 Å². The number of hydrogen-bond acceptors (Lipinski definition) is 12. The minimum atomic E-state index is -4.69. The number of pyridine rings is 3. The second kappa shape index (κ2) is 35.8. The van der Waals surface area contributed by atoms with Crippen LogP contribution in [0, 0.1) is 69.0 Å². The number of halogens is 9. The Balaban J connectivity index is 0.000000156. The molecule has 1 unspecified atom stereocenters. The molecule has 16 nitrogen and oxygen atoms in total. The second-order valence-corrected chi connectivity index (χ2v) is 35.1. The van der Waals surface area contributed by atoms with Gasteiger partial charge in [0.25, 0.3) is 0 Å². The number of ketones is 3. The van der Waals surface area contributed by atoms with Crippen molar-refractivity contribution in [3.8, 4) is 18.2 Å². The molecule has 9 heterocycles. The van der Waals surface area contributed by atoms with Crippen LogP contribution in [0.25, 0.3) is 33.1 Å². The smallest absolute Gasteiger partial charge is 0.375 e. The van der Waals surface area contributed by atoms with E-state index in [0.29, 0.717) is 79.6 Å². The number of fused-ring (bicyclic) bond motifs is 4. The normalized spacial score (nSPS) is 18.4. The topological polar surface area (TPSA) is 203 Å². The van der Waals surface area contributed by atoms with E-state index in [-0.39, 0.29) is 112 Å². The van der Waals surface area contributed by atoms with E-state index < -0.39 is 71.8 Å². The van der Waals surface area contributed by atoms with Gasteiger partial charge >= 0.3 is 18.5 Å². The fourth-order valence-corrected chi connectivity index (χ4v) is 19.3. The van der Waals surface area contributed by atoms with Crippen molar-refractivity contribution in [2.24, 2.45) is 56.1 Å². The number of Topliss-reactive ketones (excluding diaryl/α,β-unsaturated/α-hetero) is 3. The van der Waals surface area contributed by atoms with Gasteiger partial charge in [-0.05, 0) is 193 Å². The molecule has 0 bridgehead atoms. The summed E-state index contributed by atoms with van der Waals surface area (Å²) >= 11 is 0. The third-order valence-electron chi connectivity index (χ3n) is 26.8. The number of alkyl halides is 9. The summed E-state index contributed by atoms with van der Waals surface area (Å²) in [5.74, 6) is 1.59. The van der Waals surface area contributed by atoms with Gasteiger partial charge in [-0.2, -0.15) is 55.3 Å². The zero-order chi connectivity index (χ0) is 86.0.